The van der Waals surface area contributed by atoms with Crippen molar-refractivity contribution in [2.75, 3.05) is 0 Å². The predicted octanol–water partition coefficient (Wildman–Crippen LogP) is 2.04. The fourth-order valence-electron chi connectivity index (χ4n) is 2.12. The molecule has 0 bridgehead atoms. The molecule has 0 saturated heterocycles. The van der Waals surface area contributed by atoms with Crippen LogP contribution < -0.4 is 5.56 Å². The van der Waals surface area contributed by atoms with Gasteiger partial charge in [0.05, 0.1) is 4.92 Å². The van der Waals surface area contributed by atoms with Crippen molar-refractivity contribution in [1.82, 2.24) is 15.0 Å². The van der Waals surface area contributed by atoms with Gasteiger partial charge in [0.2, 0.25) is 0 Å². The number of para-hydroxylation sites is 1. The summed E-state index contributed by atoms with van der Waals surface area (Å²) in [6, 6.07) is 7.64. The second-order valence-electron chi connectivity index (χ2n) is 4.50. The Kier molecular flexibility index (Phi) is 3.18. The lowest BCUT2D eigenvalue weighted by Crippen LogP contribution is -2.14. The van der Waals surface area contributed by atoms with E-state index in [9.17, 15) is 20.0 Å². The average molecular weight is 298 g/mol. The van der Waals surface area contributed by atoms with Crippen LogP contribution >= 0.6 is 0 Å². The molecule has 0 unspecified atom stereocenters. The van der Waals surface area contributed by atoms with Gasteiger partial charge in [-0.25, -0.2) is 0 Å². The van der Waals surface area contributed by atoms with Gasteiger partial charge in [-0.15, -0.1) is 0 Å². The smallest absolute Gasteiger partial charge is 0.395 e. The van der Waals surface area contributed by atoms with Crippen molar-refractivity contribution in [3.05, 3.63) is 62.3 Å². The van der Waals surface area contributed by atoms with E-state index in [1.165, 1.54) is 6.08 Å². The van der Waals surface area contributed by atoms with Crippen LogP contribution in [-0.2, 0) is 0 Å². The second-order valence-corrected chi connectivity index (χ2v) is 4.50. The lowest BCUT2D eigenvalue weighted by Gasteiger charge is -1.96. The third kappa shape index (κ3) is 2.33. The van der Waals surface area contributed by atoms with Crippen molar-refractivity contribution in [3.8, 4) is 5.88 Å². The Morgan fingerprint density at radius 2 is 2.05 bits per heavy atom. The largest absolute Gasteiger partial charge is 0.488 e. The van der Waals surface area contributed by atoms with Crippen LogP contribution in [0.5, 0.6) is 5.88 Å². The van der Waals surface area contributed by atoms with E-state index in [0.29, 0.717) is 0 Å². The van der Waals surface area contributed by atoms with E-state index >= 15 is 0 Å². The van der Waals surface area contributed by atoms with Crippen molar-refractivity contribution in [1.29, 1.82) is 0 Å². The molecule has 110 valence electrons. The molecule has 0 saturated carbocycles. The molecule has 0 aliphatic rings. The molecule has 0 aliphatic heterocycles. The van der Waals surface area contributed by atoms with Crippen LogP contribution in [0.15, 0.2) is 35.3 Å². The summed E-state index contributed by atoms with van der Waals surface area (Å²) >= 11 is 0. The minimum Gasteiger partial charge on any atom is -0.488 e. The number of rotatable bonds is 3. The van der Waals surface area contributed by atoms with E-state index in [-0.39, 0.29) is 5.82 Å². The minimum atomic E-state index is -1.00. The first-order chi connectivity index (χ1) is 10.6. The molecule has 0 aliphatic carbocycles. The zero-order chi connectivity index (χ0) is 15.7. The molecule has 3 aromatic rings. The highest BCUT2D eigenvalue weighted by Gasteiger charge is 2.21. The quantitative estimate of drug-likeness (QED) is 0.504. The number of aromatic hydroxyl groups is 1. The molecule has 0 fully saturated rings. The van der Waals surface area contributed by atoms with Gasteiger partial charge in [0.15, 0.2) is 0 Å². The third-order valence-electron chi connectivity index (χ3n) is 3.12. The highest BCUT2D eigenvalue weighted by atomic mass is 16.6. The minimum absolute atomic E-state index is 0.0263. The molecule has 8 heteroatoms. The van der Waals surface area contributed by atoms with Gasteiger partial charge in [0, 0.05) is 17.1 Å². The summed E-state index contributed by atoms with van der Waals surface area (Å²) in [5.74, 6) is -0.884. The highest BCUT2D eigenvalue weighted by molar-refractivity contribution is 5.91. The van der Waals surface area contributed by atoms with Crippen molar-refractivity contribution >= 4 is 28.7 Å². The van der Waals surface area contributed by atoms with Gasteiger partial charge in [-0.05, 0) is 23.8 Å². The standard InChI is InChI=1S/C14H10N4O4/c19-13-12(18(21)22)14(20)17-11(16-13)6-5-8-7-15-10-4-2-1-3-9(8)10/h1-7,15H,(H2,16,17,19,20). The van der Waals surface area contributed by atoms with Crippen LogP contribution in [-0.4, -0.2) is 25.0 Å². The number of aromatic nitrogens is 3. The first-order valence-corrected chi connectivity index (χ1v) is 6.28. The number of nitrogens with one attached hydrogen (secondary N) is 2. The van der Waals surface area contributed by atoms with Crippen LogP contribution in [0.25, 0.3) is 23.1 Å². The number of aromatic amines is 2. The van der Waals surface area contributed by atoms with E-state index in [4.69, 9.17) is 0 Å². The molecule has 3 rings (SSSR count). The average Bonchev–Trinajstić information content (AvgIpc) is 2.87. The van der Waals surface area contributed by atoms with Gasteiger partial charge in [0.1, 0.15) is 5.82 Å². The van der Waals surface area contributed by atoms with E-state index in [2.05, 4.69) is 15.0 Å². The molecule has 8 nitrogen and oxygen atoms in total. The molecule has 2 heterocycles. The van der Waals surface area contributed by atoms with Crippen LogP contribution in [0.2, 0.25) is 0 Å². The summed E-state index contributed by atoms with van der Waals surface area (Å²) in [7, 11) is 0. The molecular formula is C14H10N4O4. The van der Waals surface area contributed by atoms with Gasteiger partial charge in [0.25, 0.3) is 5.88 Å². The van der Waals surface area contributed by atoms with Crippen LogP contribution in [0.1, 0.15) is 11.4 Å². The Morgan fingerprint density at radius 3 is 2.77 bits per heavy atom. The maximum Gasteiger partial charge on any atom is 0.395 e. The lowest BCUT2D eigenvalue weighted by atomic mass is 10.1. The number of fused-ring (bicyclic) bond motifs is 1. The molecule has 3 N–H and O–H groups in total. The number of hydrogen-bond donors (Lipinski definition) is 3. The number of H-pyrrole nitrogens is 2. The Balaban J connectivity index is 2.00. The molecule has 0 spiro atoms. The maximum atomic E-state index is 11.5. The second kappa shape index (κ2) is 5.17. The summed E-state index contributed by atoms with van der Waals surface area (Å²) in [6.45, 7) is 0. The zero-order valence-corrected chi connectivity index (χ0v) is 11.1. The fourth-order valence-corrected chi connectivity index (χ4v) is 2.12. The Labute approximate surface area is 122 Å². The SMILES string of the molecule is O=c1[nH]c(C=Cc2c[nH]c3ccccc23)nc(O)c1[N+](=O)[O-]. The number of benzene rings is 1. The summed E-state index contributed by atoms with van der Waals surface area (Å²) in [4.78, 5) is 30.1. The third-order valence-corrected chi connectivity index (χ3v) is 3.12. The molecule has 0 amide bonds. The molecule has 22 heavy (non-hydrogen) atoms. The highest BCUT2D eigenvalue weighted by Crippen LogP contribution is 2.20. The van der Waals surface area contributed by atoms with E-state index in [0.717, 1.165) is 16.5 Å². The first-order valence-electron chi connectivity index (χ1n) is 6.28. The Morgan fingerprint density at radius 1 is 1.27 bits per heavy atom. The first kappa shape index (κ1) is 13.6. The van der Waals surface area contributed by atoms with Crippen LogP contribution in [0.3, 0.4) is 0 Å². The molecular weight excluding hydrogens is 288 g/mol. The number of nitrogens with zero attached hydrogens (tertiary/aromatic N) is 2. The summed E-state index contributed by atoms with van der Waals surface area (Å²) in [5.41, 5.74) is -0.161. The van der Waals surface area contributed by atoms with Crippen LogP contribution in [0.4, 0.5) is 5.69 Å². The van der Waals surface area contributed by atoms with Crippen molar-refractivity contribution < 1.29 is 10.0 Å². The van der Waals surface area contributed by atoms with Gasteiger partial charge < -0.3 is 15.1 Å². The Hall–Kier alpha value is -3.42. The summed E-state index contributed by atoms with van der Waals surface area (Å²) < 4.78 is 0. The maximum absolute atomic E-state index is 11.5. The molecule has 0 atom stereocenters. The van der Waals surface area contributed by atoms with Crippen molar-refractivity contribution in [3.63, 3.8) is 0 Å². The predicted molar refractivity (Wildman–Crippen MR) is 80.4 cm³/mol. The lowest BCUT2D eigenvalue weighted by molar-refractivity contribution is -0.387. The monoisotopic (exact) mass is 298 g/mol. The van der Waals surface area contributed by atoms with Gasteiger partial charge in [-0.3, -0.25) is 14.9 Å². The van der Waals surface area contributed by atoms with Gasteiger partial charge >= 0.3 is 11.2 Å². The Bertz CT molecular complexity index is 955. The number of hydrogen-bond acceptors (Lipinski definition) is 5. The zero-order valence-electron chi connectivity index (χ0n) is 11.1. The molecule has 1 aromatic carbocycles. The molecule has 0 radical (unpaired) electrons. The molecule has 2 aromatic heterocycles. The van der Waals surface area contributed by atoms with Gasteiger partial charge in [-0.1, -0.05) is 18.2 Å². The normalized spacial score (nSPS) is 11.3. The van der Waals surface area contributed by atoms with E-state index in [1.807, 2.05) is 24.3 Å². The van der Waals surface area contributed by atoms with E-state index < -0.39 is 22.0 Å². The van der Waals surface area contributed by atoms with Crippen LogP contribution in [0, 0.1) is 10.1 Å². The summed E-state index contributed by atoms with van der Waals surface area (Å²) in [6.07, 6.45) is 4.92. The summed E-state index contributed by atoms with van der Waals surface area (Å²) in [5, 5.41) is 21.0. The van der Waals surface area contributed by atoms with Gasteiger partial charge in [-0.2, -0.15) is 4.98 Å². The topological polar surface area (TPSA) is 125 Å². The van der Waals surface area contributed by atoms with Crippen molar-refractivity contribution in [2.45, 2.75) is 0 Å². The van der Waals surface area contributed by atoms with Crippen molar-refractivity contribution in [2.24, 2.45) is 0 Å². The van der Waals surface area contributed by atoms with E-state index in [1.54, 1.807) is 12.3 Å². The fraction of sp³-hybridized carbons (Fsp3) is 0. The number of nitro groups is 1.